The van der Waals surface area contributed by atoms with Crippen LogP contribution < -0.4 is 0 Å². The summed E-state index contributed by atoms with van der Waals surface area (Å²) < 4.78 is 5.92. The number of carbonyl (C=O) groups excluding carboxylic acids is 1. The smallest absolute Gasteiger partial charge is 0.330 e. The van der Waals surface area contributed by atoms with Crippen LogP contribution in [0.3, 0.4) is 0 Å². The molecule has 0 N–H and O–H groups in total. The molecule has 0 rings (SSSR count). The van der Waals surface area contributed by atoms with E-state index in [4.69, 9.17) is 4.74 Å². The van der Waals surface area contributed by atoms with Crippen molar-refractivity contribution >= 4 is 5.97 Å². The summed E-state index contributed by atoms with van der Waals surface area (Å²) in [6.45, 7) is 22.6. The second kappa shape index (κ2) is 4.71. The first-order valence-electron chi connectivity index (χ1n) is 6.56. The van der Waals surface area contributed by atoms with Gasteiger partial charge < -0.3 is 4.74 Å². The second-order valence-electron chi connectivity index (χ2n) is 8.06. The molecule has 0 radical (unpaired) electrons. The Morgan fingerprint density at radius 1 is 0.833 bits per heavy atom. The first-order chi connectivity index (χ1) is 7.70. The fourth-order valence-electron chi connectivity index (χ4n) is 4.03. The van der Waals surface area contributed by atoms with Crippen LogP contribution in [0.4, 0.5) is 0 Å². The van der Waals surface area contributed by atoms with Crippen molar-refractivity contribution in [3.8, 4) is 0 Å². The molecule has 0 saturated carbocycles. The van der Waals surface area contributed by atoms with Crippen LogP contribution in [0, 0.1) is 16.2 Å². The van der Waals surface area contributed by atoms with Crippen LogP contribution in [0.2, 0.25) is 0 Å². The van der Waals surface area contributed by atoms with E-state index in [1.807, 2.05) is 0 Å². The molecule has 0 unspecified atom stereocenters. The highest BCUT2D eigenvalue weighted by molar-refractivity contribution is 5.81. The van der Waals surface area contributed by atoms with Crippen LogP contribution in [0.5, 0.6) is 0 Å². The number of hydrogen-bond donors (Lipinski definition) is 0. The van der Waals surface area contributed by atoms with Crippen LogP contribution in [0.25, 0.3) is 0 Å². The van der Waals surface area contributed by atoms with Gasteiger partial charge in [-0.1, -0.05) is 68.9 Å². The Hall–Kier alpha value is -0.790. The summed E-state index contributed by atoms with van der Waals surface area (Å²) in [6.07, 6.45) is 1.25. The molecule has 0 aromatic heterocycles. The van der Waals surface area contributed by atoms with E-state index in [0.717, 1.165) is 0 Å². The SMILES string of the molecule is C=CC(=O)OC(C(C)(C)C)(C(C)(C)C)C(C)(C)C. The summed E-state index contributed by atoms with van der Waals surface area (Å²) in [4.78, 5) is 11.8. The molecule has 0 aromatic carbocycles. The Morgan fingerprint density at radius 3 is 1.28 bits per heavy atom. The molecule has 0 spiro atoms. The van der Waals surface area contributed by atoms with E-state index in [9.17, 15) is 4.79 Å². The third-order valence-electron chi connectivity index (χ3n) is 3.59. The maximum atomic E-state index is 11.8. The molecule has 0 fully saturated rings. The lowest BCUT2D eigenvalue weighted by Gasteiger charge is -2.59. The van der Waals surface area contributed by atoms with Crippen molar-refractivity contribution in [3.05, 3.63) is 12.7 Å². The fourth-order valence-corrected chi connectivity index (χ4v) is 4.03. The van der Waals surface area contributed by atoms with Crippen molar-refractivity contribution in [2.45, 2.75) is 67.9 Å². The van der Waals surface area contributed by atoms with E-state index in [0.29, 0.717) is 0 Å². The predicted octanol–water partition coefficient (Wildman–Crippen LogP) is 4.59. The van der Waals surface area contributed by atoms with Crippen LogP contribution in [-0.2, 0) is 9.53 Å². The van der Waals surface area contributed by atoms with Crippen LogP contribution in [0.15, 0.2) is 12.7 Å². The molecule has 0 aliphatic heterocycles. The van der Waals surface area contributed by atoms with Gasteiger partial charge in [-0.2, -0.15) is 0 Å². The topological polar surface area (TPSA) is 26.3 Å². The molecule has 106 valence electrons. The van der Waals surface area contributed by atoms with Crippen molar-refractivity contribution in [1.82, 2.24) is 0 Å². The van der Waals surface area contributed by atoms with E-state index in [1.54, 1.807) is 0 Å². The van der Waals surface area contributed by atoms with Gasteiger partial charge in [0, 0.05) is 22.3 Å². The van der Waals surface area contributed by atoms with E-state index in [2.05, 4.69) is 68.9 Å². The lowest BCUT2D eigenvalue weighted by molar-refractivity contribution is -0.229. The highest BCUT2D eigenvalue weighted by Crippen LogP contribution is 2.56. The number of rotatable bonds is 2. The van der Waals surface area contributed by atoms with E-state index in [1.165, 1.54) is 6.08 Å². The molecule has 2 nitrogen and oxygen atoms in total. The lowest BCUT2D eigenvalue weighted by Crippen LogP contribution is -2.63. The van der Waals surface area contributed by atoms with E-state index < -0.39 is 5.60 Å². The minimum atomic E-state index is -0.585. The monoisotopic (exact) mass is 254 g/mol. The summed E-state index contributed by atoms with van der Waals surface area (Å²) >= 11 is 0. The molecule has 0 atom stereocenters. The third kappa shape index (κ3) is 2.78. The zero-order chi connectivity index (χ0) is 15.0. The zero-order valence-corrected chi connectivity index (χ0v) is 13.6. The Labute approximate surface area is 113 Å². The van der Waals surface area contributed by atoms with E-state index in [-0.39, 0.29) is 22.2 Å². The van der Waals surface area contributed by atoms with Gasteiger partial charge in [-0.25, -0.2) is 4.79 Å². The zero-order valence-electron chi connectivity index (χ0n) is 13.6. The quantitative estimate of drug-likeness (QED) is 0.532. The van der Waals surface area contributed by atoms with Crippen molar-refractivity contribution in [2.24, 2.45) is 16.2 Å². The van der Waals surface area contributed by atoms with Gasteiger partial charge in [0.2, 0.25) is 0 Å². The van der Waals surface area contributed by atoms with Gasteiger partial charge in [0.1, 0.15) is 5.60 Å². The van der Waals surface area contributed by atoms with Gasteiger partial charge in [0.05, 0.1) is 0 Å². The summed E-state index contributed by atoms with van der Waals surface area (Å²) in [5, 5.41) is 0. The Bertz CT molecular complexity index is 282. The molecule has 2 heteroatoms. The van der Waals surface area contributed by atoms with Crippen LogP contribution in [0.1, 0.15) is 62.3 Å². The highest BCUT2D eigenvalue weighted by atomic mass is 16.6. The summed E-state index contributed by atoms with van der Waals surface area (Å²) in [6, 6.07) is 0. The Morgan fingerprint density at radius 2 is 1.11 bits per heavy atom. The molecular weight excluding hydrogens is 224 g/mol. The molecule has 0 saturated heterocycles. The van der Waals surface area contributed by atoms with Crippen molar-refractivity contribution in [1.29, 1.82) is 0 Å². The summed E-state index contributed by atoms with van der Waals surface area (Å²) in [5.74, 6) is -0.352. The number of esters is 1. The van der Waals surface area contributed by atoms with Crippen LogP contribution >= 0.6 is 0 Å². The fraction of sp³-hybridized carbons (Fsp3) is 0.812. The first-order valence-corrected chi connectivity index (χ1v) is 6.56. The van der Waals surface area contributed by atoms with Crippen molar-refractivity contribution in [3.63, 3.8) is 0 Å². The van der Waals surface area contributed by atoms with Crippen molar-refractivity contribution < 1.29 is 9.53 Å². The van der Waals surface area contributed by atoms with Gasteiger partial charge in [-0.3, -0.25) is 0 Å². The molecule has 0 heterocycles. The standard InChI is InChI=1S/C16H30O2/c1-11-12(17)18-16(13(2,3)4,14(5,6)7)15(8,9)10/h11H,1H2,2-10H3. The maximum absolute atomic E-state index is 11.8. The van der Waals surface area contributed by atoms with Gasteiger partial charge in [0.15, 0.2) is 0 Å². The lowest BCUT2D eigenvalue weighted by atomic mass is 9.52. The maximum Gasteiger partial charge on any atom is 0.330 e. The normalized spacial score (nSPS) is 14.3. The number of hydrogen-bond acceptors (Lipinski definition) is 2. The molecule has 0 amide bonds. The Kier molecular flexibility index (Phi) is 4.51. The number of carbonyl (C=O) groups is 1. The molecule has 0 aliphatic carbocycles. The molecule has 18 heavy (non-hydrogen) atoms. The largest absolute Gasteiger partial charge is 0.454 e. The summed E-state index contributed by atoms with van der Waals surface area (Å²) in [5.41, 5.74) is -1.12. The van der Waals surface area contributed by atoms with Gasteiger partial charge in [-0.05, 0) is 0 Å². The van der Waals surface area contributed by atoms with Gasteiger partial charge in [0.25, 0.3) is 0 Å². The van der Waals surface area contributed by atoms with Gasteiger partial charge in [-0.15, -0.1) is 0 Å². The molecule has 0 aromatic rings. The summed E-state index contributed by atoms with van der Waals surface area (Å²) in [7, 11) is 0. The van der Waals surface area contributed by atoms with Crippen molar-refractivity contribution in [2.75, 3.05) is 0 Å². The highest BCUT2D eigenvalue weighted by Gasteiger charge is 2.60. The van der Waals surface area contributed by atoms with Gasteiger partial charge >= 0.3 is 5.97 Å². The minimum Gasteiger partial charge on any atom is -0.454 e. The van der Waals surface area contributed by atoms with Crippen LogP contribution in [-0.4, -0.2) is 11.6 Å². The molecule has 0 aliphatic rings. The minimum absolute atomic E-state index is 0.178. The Balaban J connectivity index is 6.08. The van der Waals surface area contributed by atoms with E-state index >= 15 is 0 Å². The number of ether oxygens (including phenoxy) is 1. The third-order valence-corrected chi connectivity index (χ3v) is 3.59. The molecule has 0 bridgehead atoms. The second-order valence-corrected chi connectivity index (χ2v) is 8.06. The average Bonchev–Trinajstić information content (AvgIpc) is 2.07. The average molecular weight is 254 g/mol. The predicted molar refractivity (Wildman–Crippen MR) is 77.4 cm³/mol. The first kappa shape index (κ1) is 17.2. The molecular formula is C16H30O2.